The van der Waals surface area contributed by atoms with E-state index in [2.05, 4.69) is 84.5 Å². The molecule has 0 aromatic heterocycles. The SMILES string of the molecule is COC.Cc1ccc(-c2ccc(-c3ccccc3)cc2)cc1. The minimum absolute atomic E-state index is 1.26. The fraction of sp³-hybridized carbons (Fsp3) is 0.143. The molecule has 3 aromatic carbocycles. The van der Waals surface area contributed by atoms with Gasteiger partial charge in [-0.3, -0.25) is 0 Å². The molecular weight excluding hydrogens is 268 g/mol. The topological polar surface area (TPSA) is 9.23 Å². The van der Waals surface area contributed by atoms with Gasteiger partial charge in [-0.05, 0) is 29.2 Å². The second kappa shape index (κ2) is 8.16. The Hall–Kier alpha value is -2.38. The van der Waals surface area contributed by atoms with Crippen LogP contribution in [0.3, 0.4) is 0 Å². The van der Waals surface area contributed by atoms with Crippen LogP contribution in [0.2, 0.25) is 0 Å². The van der Waals surface area contributed by atoms with Crippen molar-refractivity contribution in [3.05, 3.63) is 84.4 Å². The highest BCUT2D eigenvalue weighted by Gasteiger charge is 1.99. The van der Waals surface area contributed by atoms with Crippen molar-refractivity contribution in [2.24, 2.45) is 0 Å². The standard InChI is InChI=1S/C19H16.C2H6O/c1-15-7-9-17(10-8-15)19-13-11-18(12-14-19)16-5-3-2-4-6-16;1-3-2/h2-14H,1H3;1-2H3. The lowest BCUT2D eigenvalue weighted by Gasteiger charge is -2.05. The van der Waals surface area contributed by atoms with E-state index in [0.717, 1.165) is 0 Å². The molecule has 0 aliphatic rings. The summed E-state index contributed by atoms with van der Waals surface area (Å²) in [6, 6.07) is 27.9. The minimum atomic E-state index is 1.26. The average molecular weight is 290 g/mol. The largest absolute Gasteiger partial charge is 0.388 e. The first-order valence-corrected chi connectivity index (χ1v) is 7.37. The van der Waals surface area contributed by atoms with Crippen molar-refractivity contribution in [2.75, 3.05) is 14.2 Å². The monoisotopic (exact) mass is 290 g/mol. The summed E-state index contributed by atoms with van der Waals surface area (Å²) in [7, 11) is 3.25. The summed E-state index contributed by atoms with van der Waals surface area (Å²) in [5, 5.41) is 0. The average Bonchev–Trinajstić information content (AvgIpc) is 2.57. The summed E-state index contributed by atoms with van der Waals surface area (Å²) in [5.74, 6) is 0. The van der Waals surface area contributed by atoms with E-state index in [9.17, 15) is 0 Å². The Balaban J connectivity index is 0.000000545. The first kappa shape index (κ1) is 16.0. The summed E-state index contributed by atoms with van der Waals surface area (Å²) >= 11 is 0. The van der Waals surface area contributed by atoms with E-state index in [1.54, 1.807) is 14.2 Å². The maximum Gasteiger partial charge on any atom is 0.0351 e. The van der Waals surface area contributed by atoms with Gasteiger partial charge in [0.05, 0.1) is 0 Å². The zero-order chi connectivity index (χ0) is 15.8. The molecule has 112 valence electrons. The quantitative estimate of drug-likeness (QED) is 0.597. The van der Waals surface area contributed by atoms with Gasteiger partial charge in [0.2, 0.25) is 0 Å². The Morgan fingerprint density at radius 1 is 0.500 bits per heavy atom. The molecule has 3 rings (SSSR count). The number of methoxy groups -OCH3 is 1. The number of benzene rings is 3. The van der Waals surface area contributed by atoms with Crippen LogP contribution in [0.25, 0.3) is 22.3 Å². The molecule has 3 aromatic rings. The number of ether oxygens (including phenoxy) is 1. The van der Waals surface area contributed by atoms with Crippen molar-refractivity contribution in [3.8, 4) is 22.3 Å². The lowest BCUT2D eigenvalue weighted by Crippen LogP contribution is -1.80. The van der Waals surface area contributed by atoms with Crippen molar-refractivity contribution in [1.82, 2.24) is 0 Å². The molecule has 0 saturated carbocycles. The second-order valence-electron chi connectivity index (χ2n) is 5.22. The number of hydrogen-bond acceptors (Lipinski definition) is 1. The molecule has 1 nitrogen and oxygen atoms in total. The fourth-order valence-corrected chi connectivity index (χ4v) is 2.23. The van der Waals surface area contributed by atoms with Crippen LogP contribution >= 0.6 is 0 Å². The van der Waals surface area contributed by atoms with E-state index in [-0.39, 0.29) is 0 Å². The van der Waals surface area contributed by atoms with Gasteiger partial charge in [-0.1, -0.05) is 84.4 Å². The minimum Gasteiger partial charge on any atom is -0.388 e. The molecule has 0 N–H and O–H groups in total. The van der Waals surface area contributed by atoms with E-state index in [0.29, 0.717) is 0 Å². The number of rotatable bonds is 2. The molecule has 0 unspecified atom stereocenters. The summed E-state index contributed by atoms with van der Waals surface area (Å²) in [4.78, 5) is 0. The van der Waals surface area contributed by atoms with E-state index < -0.39 is 0 Å². The van der Waals surface area contributed by atoms with Gasteiger partial charge in [-0.2, -0.15) is 0 Å². The van der Waals surface area contributed by atoms with Crippen LogP contribution < -0.4 is 0 Å². The highest BCUT2D eigenvalue weighted by molar-refractivity contribution is 5.70. The van der Waals surface area contributed by atoms with Crippen LogP contribution in [-0.4, -0.2) is 14.2 Å². The maximum atomic E-state index is 4.25. The van der Waals surface area contributed by atoms with E-state index in [1.165, 1.54) is 27.8 Å². The predicted molar refractivity (Wildman–Crippen MR) is 95.0 cm³/mol. The van der Waals surface area contributed by atoms with Gasteiger partial charge in [-0.25, -0.2) is 0 Å². The molecule has 0 saturated heterocycles. The van der Waals surface area contributed by atoms with Gasteiger partial charge in [0.1, 0.15) is 0 Å². The van der Waals surface area contributed by atoms with E-state index >= 15 is 0 Å². The molecule has 0 fully saturated rings. The summed E-state index contributed by atoms with van der Waals surface area (Å²) in [6.45, 7) is 2.11. The smallest absolute Gasteiger partial charge is 0.0351 e. The van der Waals surface area contributed by atoms with Crippen LogP contribution in [0.5, 0.6) is 0 Å². The summed E-state index contributed by atoms with van der Waals surface area (Å²) < 4.78 is 4.25. The molecule has 1 heteroatoms. The molecule has 0 atom stereocenters. The second-order valence-corrected chi connectivity index (χ2v) is 5.22. The molecule has 0 radical (unpaired) electrons. The summed E-state index contributed by atoms with van der Waals surface area (Å²) in [5.41, 5.74) is 6.35. The molecule has 0 spiro atoms. The van der Waals surface area contributed by atoms with Crippen molar-refractivity contribution >= 4 is 0 Å². The highest BCUT2D eigenvalue weighted by Crippen LogP contribution is 2.24. The van der Waals surface area contributed by atoms with Crippen molar-refractivity contribution in [1.29, 1.82) is 0 Å². The van der Waals surface area contributed by atoms with Crippen LogP contribution in [0, 0.1) is 6.92 Å². The Morgan fingerprint density at radius 2 is 0.818 bits per heavy atom. The predicted octanol–water partition coefficient (Wildman–Crippen LogP) is 5.59. The number of aryl methyl sites for hydroxylation is 1. The molecule has 0 bridgehead atoms. The van der Waals surface area contributed by atoms with Gasteiger partial charge < -0.3 is 4.74 Å². The zero-order valence-corrected chi connectivity index (χ0v) is 13.4. The maximum absolute atomic E-state index is 4.25. The molecule has 0 amide bonds. The van der Waals surface area contributed by atoms with Crippen molar-refractivity contribution in [2.45, 2.75) is 6.92 Å². The third-order valence-corrected chi connectivity index (χ3v) is 3.38. The van der Waals surface area contributed by atoms with Gasteiger partial charge in [-0.15, -0.1) is 0 Å². The lowest BCUT2D eigenvalue weighted by atomic mass is 10.00. The van der Waals surface area contributed by atoms with Crippen LogP contribution in [0.1, 0.15) is 5.56 Å². The van der Waals surface area contributed by atoms with Crippen molar-refractivity contribution in [3.63, 3.8) is 0 Å². The fourth-order valence-electron chi connectivity index (χ4n) is 2.23. The first-order valence-electron chi connectivity index (χ1n) is 7.37. The molecule has 0 aliphatic heterocycles. The normalized spacial score (nSPS) is 9.77. The Labute approximate surface area is 133 Å². The van der Waals surface area contributed by atoms with Crippen molar-refractivity contribution < 1.29 is 4.74 Å². The first-order chi connectivity index (χ1) is 10.7. The zero-order valence-electron chi connectivity index (χ0n) is 13.4. The van der Waals surface area contributed by atoms with E-state index in [4.69, 9.17) is 0 Å². The van der Waals surface area contributed by atoms with Gasteiger partial charge in [0.15, 0.2) is 0 Å². The Morgan fingerprint density at radius 3 is 1.23 bits per heavy atom. The Kier molecular flexibility index (Phi) is 5.93. The third kappa shape index (κ3) is 4.31. The van der Waals surface area contributed by atoms with Gasteiger partial charge >= 0.3 is 0 Å². The van der Waals surface area contributed by atoms with E-state index in [1.807, 2.05) is 6.07 Å². The van der Waals surface area contributed by atoms with Crippen LogP contribution in [0.15, 0.2) is 78.9 Å². The molecule has 22 heavy (non-hydrogen) atoms. The molecule has 0 aliphatic carbocycles. The van der Waals surface area contributed by atoms with Gasteiger partial charge in [0, 0.05) is 14.2 Å². The van der Waals surface area contributed by atoms with Crippen LogP contribution in [-0.2, 0) is 4.74 Å². The summed E-state index contributed by atoms with van der Waals surface area (Å²) in [6.07, 6.45) is 0. The molecular formula is C21H22O. The third-order valence-electron chi connectivity index (χ3n) is 3.38. The lowest BCUT2D eigenvalue weighted by molar-refractivity contribution is 0.277. The number of hydrogen-bond donors (Lipinski definition) is 0. The Bertz CT molecular complexity index is 667. The van der Waals surface area contributed by atoms with Gasteiger partial charge in [0.25, 0.3) is 0 Å². The molecule has 0 heterocycles. The van der Waals surface area contributed by atoms with Crippen LogP contribution in [0.4, 0.5) is 0 Å². The highest BCUT2D eigenvalue weighted by atomic mass is 16.4.